The number of hydrogen-bond acceptors (Lipinski definition) is 4. The van der Waals surface area contributed by atoms with Crippen LogP contribution in [0.2, 0.25) is 5.02 Å². The number of sulfonamides is 1. The molecular formula is C21H25ClN2O3S. The molecule has 5 nitrogen and oxygen atoms in total. The fourth-order valence-corrected chi connectivity index (χ4v) is 5.49. The minimum absolute atomic E-state index is 0.0723. The standard InChI is InChI=1S/C21H25ClN2O3S/c1-15-10-16(2)14-24(13-15)28(26,27)20-5-3-4-17(11-20)21(25)12-23-19-8-6-18(22)7-9-19/h3-9,11,15-16,23H,10,12-14H2,1-2H3. The van der Waals surface area contributed by atoms with Crippen molar-refractivity contribution in [3.8, 4) is 0 Å². The van der Waals surface area contributed by atoms with Gasteiger partial charge in [0.15, 0.2) is 5.78 Å². The summed E-state index contributed by atoms with van der Waals surface area (Å²) in [6.07, 6.45) is 1.03. The third-order valence-corrected chi connectivity index (χ3v) is 7.01. The molecule has 0 aromatic heterocycles. The van der Waals surface area contributed by atoms with Crippen molar-refractivity contribution >= 4 is 33.1 Å². The van der Waals surface area contributed by atoms with E-state index in [0.29, 0.717) is 35.5 Å². The fourth-order valence-electron chi connectivity index (χ4n) is 3.63. The van der Waals surface area contributed by atoms with Crippen LogP contribution in [-0.2, 0) is 10.0 Å². The molecule has 3 rings (SSSR count). The molecule has 28 heavy (non-hydrogen) atoms. The molecule has 1 fully saturated rings. The number of Topliss-reactive ketones (excluding diaryl/α,β-unsaturated/α-hetero) is 1. The number of nitrogens with one attached hydrogen (secondary N) is 1. The summed E-state index contributed by atoms with van der Waals surface area (Å²) >= 11 is 5.86. The molecular weight excluding hydrogens is 396 g/mol. The van der Waals surface area contributed by atoms with Gasteiger partial charge in [-0.25, -0.2) is 8.42 Å². The van der Waals surface area contributed by atoms with Crippen molar-refractivity contribution in [1.82, 2.24) is 4.31 Å². The highest BCUT2D eigenvalue weighted by Crippen LogP contribution is 2.27. The average molecular weight is 421 g/mol. The van der Waals surface area contributed by atoms with Gasteiger partial charge in [-0.15, -0.1) is 0 Å². The van der Waals surface area contributed by atoms with Crippen LogP contribution in [0.25, 0.3) is 0 Å². The molecule has 1 saturated heterocycles. The molecule has 2 atom stereocenters. The molecule has 0 aliphatic carbocycles. The number of carbonyl (C=O) groups is 1. The Morgan fingerprint density at radius 1 is 1.11 bits per heavy atom. The minimum Gasteiger partial charge on any atom is -0.378 e. The van der Waals surface area contributed by atoms with Gasteiger partial charge in [-0.1, -0.05) is 37.6 Å². The normalized spacial score (nSPS) is 20.7. The van der Waals surface area contributed by atoms with Gasteiger partial charge >= 0.3 is 0 Å². The molecule has 1 N–H and O–H groups in total. The van der Waals surface area contributed by atoms with E-state index < -0.39 is 10.0 Å². The lowest BCUT2D eigenvalue weighted by Crippen LogP contribution is -2.42. The van der Waals surface area contributed by atoms with E-state index in [9.17, 15) is 13.2 Å². The maximum atomic E-state index is 13.1. The maximum absolute atomic E-state index is 13.1. The lowest BCUT2D eigenvalue weighted by molar-refractivity contribution is 0.101. The molecule has 0 radical (unpaired) electrons. The van der Waals surface area contributed by atoms with Crippen molar-refractivity contribution in [3.05, 3.63) is 59.1 Å². The molecule has 0 spiro atoms. The summed E-state index contributed by atoms with van der Waals surface area (Å²) in [5.74, 6) is 0.478. The zero-order chi connectivity index (χ0) is 20.3. The SMILES string of the molecule is CC1CC(C)CN(S(=O)(=O)c2cccc(C(=O)CNc3ccc(Cl)cc3)c2)C1. The number of ketones is 1. The summed E-state index contributed by atoms with van der Waals surface area (Å²) in [6.45, 7) is 5.25. The van der Waals surface area contributed by atoms with Crippen LogP contribution in [0.3, 0.4) is 0 Å². The highest BCUT2D eigenvalue weighted by molar-refractivity contribution is 7.89. The van der Waals surface area contributed by atoms with E-state index in [-0.39, 0.29) is 17.2 Å². The lowest BCUT2D eigenvalue weighted by atomic mass is 9.94. The van der Waals surface area contributed by atoms with E-state index >= 15 is 0 Å². The number of hydrogen-bond donors (Lipinski definition) is 1. The highest BCUT2D eigenvalue weighted by Gasteiger charge is 2.31. The second-order valence-electron chi connectivity index (χ2n) is 7.58. The van der Waals surface area contributed by atoms with Crippen LogP contribution in [0, 0.1) is 11.8 Å². The van der Waals surface area contributed by atoms with Gasteiger partial charge in [0.05, 0.1) is 11.4 Å². The van der Waals surface area contributed by atoms with E-state index in [4.69, 9.17) is 11.6 Å². The van der Waals surface area contributed by atoms with Gasteiger partial charge in [-0.2, -0.15) is 4.31 Å². The molecule has 2 aromatic carbocycles. The summed E-state index contributed by atoms with van der Waals surface area (Å²) in [6, 6.07) is 13.4. The second kappa shape index (κ2) is 8.64. The number of rotatable bonds is 6. The van der Waals surface area contributed by atoms with Crippen LogP contribution in [0.4, 0.5) is 5.69 Å². The summed E-state index contributed by atoms with van der Waals surface area (Å²) in [7, 11) is -3.61. The van der Waals surface area contributed by atoms with Crippen molar-refractivity contribution in [2.45, 2.75) is 25.2 Å². The van der Waals surface area contributed by atoms with Crippen molar-refractivity contribution in [2.75, 3.05) is 25.0 Å². The van der Waals surface area contributed by atoms with E-state index in [0.717, 1.165) is 12.1 Å². The summed E-state index contributed by atoms with van der Waals surface area (Å²) in [4.78, 5) is 12.7. The van der Waals surface area contributed by atoms with Crippen LogP contribution >= 0.6 is 11.6 Å². The Hall–Kier alpha value is -1.89. The van der Waals surface area contributed by atoms with Crippen molar-refractivity contribution < 1.29 is 13.2 Å². The zero-order valence-corrected chi connectivity index (χ0v) is 17.6. The molecule has 2 aromatic rings. The molecule has 0 amide bonds. The first-order chi connectivity index (χ1) is 13.3. The fraction of sp³-hybridized carbons (Fsp3) is 0.381. The number of piperidine rings is 1. The molecule has 1 aliphatic heterocycles. The highest BCUT2D eigenvalue weighted by atomic mass is 35.5. The largest absolute Gasteiger partial charge is 0.378 e. The van der Waals surface area contributed by atoms with Gasteiger partial charge in [0.2, 0.25) is 10.0 Å². The Morgan fingerprint density at radius 3 is 2.39 bits per heavy atom. The first-order valence-electron chi connectivity index (χ1n) is 9.38. The third-order valence-electron chi connectivity index (χ3n) is 4.93. The van der Waals surface area contributed by atoms with Gasteiger partial charge in [0.1, 0.15) is 0 Å². The lowest BCUT2D eigenvalue weighted by Gasteiger charge is -2.34. The quantitative estimate of drug-likeness (QED) is 0.707. The monoisotopic (exact) mass is 420 g/mol. The van der Waals surface area contributed by atoms with Crippen molar-refractivity contribution in [1.29, 1.82) is 0 Å². The van der Waals surface area contributed by atoms with Crippen molar-refractivity contribution in [2.24, 2.45) is 11.8 Å². The zero-order valence-electron chi connectivity index (χ0n) is 16.1. The Bertz CT molecular complexity index is 934. The molecule has 1 heterocycles. The summed E-state index contributed by atoms with van der Waals surface area (Å²) in [5, 5.41) is 3.66. The van der Waals surface area contributed by atoms with E-state index in [2.05, 4.69) is 19.2 Å². The molecule has 150 valence electrons. The van der Waals surface area contributed by atoms with Gasteiger partial charge in [0, 0.05) is 29.4 Å². The first-order valence-corrected chi connectivity index (χ1v) is 11.2. The van der Waals surface area contributed by atoms with Crippen LogP contribution in [0.1, 0.15) is 30.6 Å². The van der Waals surface area contributed by atoms with Gasteiger partial charge in [0.25, 0.3) is 0 Å². The molecule has 2 unspecified atom stereocenters. The van der Waals surface area contributed by atoms with Crippen LogP contribution < -0.4 is 5.32 Å². The number of carbonyl (C=O) groups excluding carboxylic acids is 1. The number of benzene rings is 2. The Kier molecular flexibility index (Phi) is 6.43. The van der Waals surface area contributed by atoms with Gasteiger partial charge in [-0.05, 0) is 54.7 Å². The second-order valence-corrected chi connectivity index (χ2v) is 9.95. The Balaban J connectivity index is 1.73. The smallest absolute Gasteiger partial charge is 0.243 e. The van der Waals surface area contributed by atoms with Crippen LogP contribution in [0.15, 0.2) is 53.4 Å². The van der Waals surface area contributed by atoms with Gasteiger partial charge in [-0.3, -0.25) is 4.79 Å². The van der Waals surface area contributed by atoms with E-state index in [1.54, 1.807) is 46.8 Å². The predicted octanol–water partition coefficient (Wildman–Crippen LogP) is 4.30. The Labute approximate surface area is 171 Å². The first kappa shape index (κ1) is 20.8. The van der Waals surface area contributed by atoms with E-state index in [1.807, 2.05) is 0 Å². The number of nitrogens with zero attached hydrogens (tertiary/aromatic N) is 1. The van der Waals surface area contributed by atoms with Crippen LogP contribution in [0.5, 0.6) is 0 Å². The third kappa shape index (κ3) is 4.93. The number of halogens is 1. The predicted molar refractivity (Wildman–Crippen MR) is 112 cm³/mol. The molecule has 0 bridgehead atoms. The molecule has 0 saturated carbocycles. The van der Waals surface area contributed by atoms with E-state index in [1.165, 1.54) is 6.07 Å². The average Bonchev–Trinajstić information content (AvgIpc) is 2.66. The Morgan fingerprint density at radius 2 is 1.75 bits per heavy atom. The van der Waals surface area contributed by atoms with Crippen LogP contribution in [-0.4, -0.2) is 38.1 Å². The number of anilines is 1. The molecule has 7 heteroatoms. The minimum atomic E-state index is -3.61. The summed E-state index contributed by atoms with van der Waals surface area (Å²) < 4.78 is 27.6. The van der Waals surface area contributed by atoms with Gasteiger partial charge < -0.3 is 5.32 Å². The topological polar surface area (TPSA) is 66.5 Å². The maximum Gasteiger partial charge on any atom is 0.243 e. The van der Waals surface area contributed by atoms with Crippen molar-refractivity contribution in [3.63, 3.8) is 0 Å². The molecule has 1 aliphatic rings. The summed E-state index contributed by atoms with van der Waals surface area (Å²) in [5.41, 5.74) is 1.15.